The lowest BCUT2D eigenvalue weighted by Crippen LogP contribution is -2.47. The number of carbonyl (C=O) groups excluding carboxylic acids is 1. The van der Waals surface area contributed by atoms with E-state index in [0.717, 1.165) is 12.1 Å². The van der Waals surface area contributed by atoms with E-state index in [1.54, 1.807) is 0 Å². The lowest BCUT2D eigenvalue weighted by molar-refractivity contribution is -0.136. The minimum Gasteiger partial charge on any atom is -0.384 e. The Kier molecular flexibility index (Phi) is 4.47. The number of hydrogen-bond acceptors (Lipinski definition) is 3. The maximum Gasteiger partial charge on any atom is 0.262 e. The van der Waals surface area contributed by atoms with Gasteiger partial charge in [0.05, 0.1) is 5.69 Å². The molecule has 0 unspecified atom stereocenters. The third-order valence-electron chi connectivity index (χ3n) is 4.62. The summed E-state index contributed by atoms with van der Waals surface area (Å²) in [6, 6.07) is 4.49. The van der Waals surface area contributed by atoms with Gasteiger partial charge in [-0.2, -0.15) is 0 Å². The fraction of sp³-hybridized carbons (Fsp3) is 0.333. The number of amides is 1. The van der Waals surface area contributed by atoms with Crippen LogP contribution in [0.15, 0.2) is 30.5 Å². The second-order valence-corrected chi connectivity index (χ2v) is 6.49. The minimum atomic E-state index is -2.47. The van der Waals surface area contributed by atoms with Crippen molar-refractivity contribution in [3.05, 3.63) is 64.7 Å². The molecule has 26 heavy (non-hydrogen) atoms. The smallest absolute Gasteiger partial charge is 0.262 e. The number of rotatable bonds is 3. The van der Waals surface area contributed by atoms with E-state index in [4.69, 9.17) is 0 Å². The molecule has 1 aliphatic carbocycles. The van der Waals surface area contributed by atoms with Gasteiger partial charge in [-0.3, -0.25) is 9.78 Å². The van der Waals surface area contributed by atoms with Crippen molar-refractivity contribution in [3.63, 3.8) is 0 Å². The molecular formula is C18H16F4N2O2. The molecule has 0 saturated heterocycles. The summed E-state index contributed by atoms with van der Waals surface area (Å²) in [5.74, 6) is -5.51. The van der Waals surface area contributed by atoms with Crippen molar-refractivity contribution in [2.45, 2.75) is 37.6 Å². The van der Waals surface area contributed by atoms with E-state index < -0.39 is 41.2 Å². The first-order chi connectivity index (χ1) is 12.2. The van der Waals surface area contributed by atoms with Gasteiger partial charge in [0.25, 0.3) is 5.91 Å². The Morgan fingerprint density at radius 2 is 1.96 bits per heavy atom. The summed E-state index contributed by atoms with van der Waals surface area (Å²) in [4.78, 5) is 16.4. The molecule has 3 rings (SSSR count). The quantitative estimate of drug-likeness (QED) is 0.647. The number of nitrogens with one attached hydrogen (secondary N) is 1. The van der Waals surface area contributed by atoms with E-state index in [-0.39, 0.29) is 29.7 Å². The number of halogens is 4. The molecule has 0 radical (unpaired) electrons. The van der Waals surface area contributed by atoms with Crippen LogP contribution in [-0.4, -0.2) is 16.0 Å². The first-order valence-electron chi connectivity index (χ1n) is 7.95. The van der Waals surface area contributed by atoms with E-state index in [1.165, 1.54) is 25.3 Å². The van der Waals surface area contributed by atoms with Crippen LogP contribution >= 0.6 is 0 Å². The van der Waals surface area contributed by atoms with Crippen molar-refractivity contribution in [2.75, 3.05) is 0 Å². The van der Waals surface area contributed by atoms with Gasteiger partial charge in [0.2, 0.25) is 5.67 Å². The van der Waals surface area contributed by atoms with Gasteiger partial charge in [-0.25, -0.2) is 17.6 Å². The molecule has 2 atom stereocenters. The maximum absolute atomic E-state index is 15.5. The molecule has 0 spiro atoms. The first kappa shape index (κ1) is 18.3. The van der Waals surface area contributed by atoms with Crippen molar-refractivity contribution in [3.8, 4) is 0 Å². The highest BCUT2D eigenvalue weighted by molar-refractivity contribution is 5.87. The van der Waals surface area contributed by atoms with Crippen LogP contribution in [0.5, 0.6) is 0 Å². The Balaban J connectivity index is 1.85. The summed E-state index contributed by atoms with van der Waals surface area (Å²) in [5.41, 5.74) is -4.17. The van der Waals surface area contributed by atoms with Crippen LogP contribution in [0.2, 0.25) is 0 Å². The van der Waals surface area contributed by atoms with E-state index in [9.17, 15) is 23.1 Å². The number of carbonyl (C=O) groups is 1. The van der Waals surface area contributed by atoms with Gasteiger partial charge in [0, 0.05) is 23.9 Å². The van der Waals surface area contributed by atoms with Crippen LogP contribution < -0.4 is 5.32 Å². The molecule has 138 valence electrons. The molecule has 0 fully saturated rings. The summed E-state index contributed by atoms with van der Waals surface area (Å²) >= 11 is 0. The lowest BCUT2D eigenvalue weighted by atomic mass is 9.75. The van der Waals surface area contributed by atoms with Crippen molar-refractivity contribution < 1.29 is 27.5 Å². The first-order valence-corrected chi connectivity index (χ1v) is 7.95. The van der Waals surface area contributed by atoms with Gasteiger partial charge < -0.3 is 10.4 Å². The molecule has 1 aliphatic rings. The summed E-state index contributed by atoms with van der Waals surface area (Å²) in [5, 5.41) is 12.6. The van der Waals surface area contributed by atoms with Gasteiger partial charge in [0.1, 0.15) is 5.60 Å². The van der Waals surface area contributed by atoms with Crippen molar-refractivity contribution in [1.29, 1.82) is 0 Å². The van der Waals surface area contributed by atoms with Gasteiger partial charge in [-0.15, -0.1) is 0 Å². The highest BCUT2D eigenvalue weighted by Crippen LogP contribution is 2.45. The van der Waals surface area contributed by atoms with Crippen LogP contribution in [0.1, 0.15) is 36.6 Å². The molecule has 8 heteroatoms. The Morgan fingerprint density at radius 1 is 1.23 bits per heavy atom. The number of aromatic nitrogens is 1. The highest BCUT2D eigenvalue weighted by Gasteiger charge is 2.50. The number of aliphatic hydroxyl groups is 1. The normalized spacial score (nSPS) is 24.8. The van der Waals surface area contributed by atoms with Crippen molar-refractivity contribution >= 4 is 5.91 Å². The van der Waals surface area contributed by atoms with Gasteiger partial charge in [-0.1, -0.05) is 12.1 Å². The average molecular weight is 368 g/mol. The molecule has 1 amide bonds. The fourth-order valence-corrected chi connectivity index (χ4v) is 3.08. The zero-order valence-corrected chi connectivity index (χ0v) is 13.8. The number of hydrogen-bond donors (Lipinski definition) is 2. The lowest BCUT2D eigenvalue weighted by Gasteiger charge is -2.37. The molecular weight excluding hydrogens is 352 g/mol. The topological polar surface area (TPSA) is 62.2 Å². The Hall–Kier alpha value is -2.48. The number of fused-ring (bicyclic) bond motifs is 1. The van der Waals surface area contributed by atoms with E-state index in [0.29, 0.717) is 0 Å². The second kappa shape index (κ2) is 6.35. The number of benzene rings is 1. The molecule has 4 nitrogen and oxygen atoms in total. The third kappa shape index (κ3) is 2.94. The molecule has 1 heterocycles. The molecule has 1 aromatic carbocycles. The zero-order valence-electron chi connectivity index (χ0n) is 13.8. The fourth-order valence-electron chi connectivity index (χ4n) is 3.08. The van der Waals surface area contributed by atoms with Crippen molar-refractivity contribution in [1.82, 2.24) is 10.3 Å². The van der Waals surface area contributed by atoms with Gasteiger partial charge in [0.15, 0.2) is 17.5 Å². The summed E-state index contributed by atoms with van der Waals surface area (Å²) in [6.07, 6.45) is 1.04. The SMILES string of the molecule is C[C@]1(O)CC[C@@](F)(C(=O)NCc2ccc(F)c(F)c2F)c2cccnc21. The summed E-state index contributed by atoms with van der Waals surface area (Å²) < 4.78 is 55.4. The summed E-state index contributed by atoms with van der Waals surface area (Å²) in [7, 11) is 0. The summed E-state index contributed by atoms with van der Waals surface area (Å²) in [6.45, 7) is 0.965. The molecule has 2 N–H and O–H groups in total. The van der Waals surface area contributed by atoms with E-state index >= 15 is 4.39 Å². The Labute approximate surface area is 146 Å². The van der Waals surface area contributed by atoms with Gasteiger partial charge >= 0.3 is 0 Å². The minimum absolute atomic E-state index is 0.0412. The molecule has 1 aromatic heterocycles. The molecule has 0 saturated carbocycles. The average Bonchev–Trinajstić information content (AvgIpc) is 2.62. The van der Waals surface area contributed by atoms with Crippen LogP contribution in [-0.2, 0) is 22.6 Å². The van der Waals surface area contributed by atoms with Crippen LogP contribution in [0.3, 0.4) is 0 Å². The monoisotopic (exact) mass is 368 g/mol. The number of alkyl halides is 1. The molecule has 2 aromatic rings. The van der Waals surface area contributed by atoms with Crippen LogP contribution in [0.25, 0.3) is 0 Å². The van der Waals surface area contributed by atoms with Crippen LogP contribution in [0.4, 0.5) is 17.6 Å². The van der Waals surface area contributed by atoms with E-state index in [1.807, 2.05) is 0 Å². The highest BCUT2D eigenvalue weighted by atomic mass is 19.2. The van der Waals surface area contributed by atoms with E-state index in [2.05, 4.69) is 10.3 Å². The Bertz CT molecular complexity index is 872. The molecule has 0 aliphatic heterocycles. The largest absolute Gasteiger partial charge is 0.384 e. The Morgan fingerprint density at radius 3 is 2.69 bits per heavy atom. The third-order valence-corrected chi connectivity index (χ3v) is 4.62. The predicted molar refractivity (Wildman–Crippen MR) is 84.0 cm³/mol. The second-order valence-electron chi connectivity index (χ2n) is 6.49. The predicted octanol–water partition coefficient (Wildman–Crippen LogP) is 2.98. The van der Waals surface area contributed by atoms with Gasteiger partial charge in [-0.05, 0) is 31.9 Å². The standard InChI is InChI=1S/C18H16F4N2O2/c1-17(26)6-7-18(22,11-3-2-8-23-15(11)17)16(25)24-9-10-4-5-12(19)14(21)13(10)20/h2-5,8,26H,6-7,9H2,1H3,(H,24,25)/t17-,18-/m0/s1. The van der Waals surface area contributed by atoms with Crippen molar-refractivity contribution in [2.24, 2.45) is 0 Å². The number of nitrogens with zero attached hydrogens (tertiary/aromatic N) is 1. The molecule has 0 bridgehead atoms. The van der Waals surface area contributed by atoms with Crippen LogP contribution in [0, 0.1) is 17.5 Å². The maximum atomic E-state index is 15.5. The zero-order chi connectivity index (χ0) is 19.1. The number of pyridine rings is 1.